The lowest BCUT2D eigenvalue weighted by atomic mass is 10.4. The molecule has 0 rings (SSSR count). The van der Waals surface area contributed by atoms with E-state index in [1.807, 2.05) is 20.8 Å². The maximum atomic E-state index is 4.60. The summed E-state index contributed by atoms with van der Waals surface area (Å²) >= 11 is 0. The Balaban J connectivity index is -0.000000137. The molecule has 0 atom stereocenters. The Morgan fingerprint density at radius 1 is 1.58 bits per heavy atom. The van der Waals surface area contributed by atoms with Crippen LogP contribution in [-0.2, 0) is 0 Å². The third kappa shape index (κ3) is 37.3. The molecule has 0 spiro atoms. The van der Waals surface area contributed by atoms with Gasteiger partial charge in [-0.1, -0.05) is 20.4 Å². The Labute approximate surface area is 76.8 Å². The SMILES string of the molecule is C#CC.C=C/C(C)=N/NC.CC. The predicted molar refractivity (Wildman–Crippen MR) is 58.2 cm³/mol. The quantitative estimate of drug-likeness (QED) is 0.382. The number of terminal acetylenes is 1. The van der Waals surface area contributed by atoms with Gasteiger partial charge in [0.05, 0.1) is 5.71 Å². The largest absolute Gasteiger partial charge is 0.313 e. The minimum absolute atomic E-state index is 0.905. The molecule has 0 saturated carbocycles. The van der Waals surface area contributed by atoms with Crippen LogP contribution in [0.4, 0.5) is 0 Å². The van der Waals surface area contributed by atoms with Crippen molar-refractivity contribution in [3.63, 3.8) is 0 Å². The molecule has 0 aromatic rings. The molecule has 0 saturated heterocycles. The van der Waals surface area contributed by atoms with Crippen molar-refractivity contribution >= 4 is 5.71 Å². The molecule has 0 fully saturated rings. The first kappa shape index (κ1) is 17.0. The second-order valence-corrected chi connectivity index (χ2v) is 1.47. The summed E-state index contributed by atoms with van der Waals surface area (Å²) in [6.45, 7) is 11.0. The van der Waals surface area contributed by atoms with E-state index in [-0.39, 0.29) is 0 Å². The van der Waals surface area contributed by atoms with E-state index in [1.165, 1.54) is 0 Å². The number of nitrogens with zero attached hydrogens (tertiary/aromatic N) is 1. The van der Waals surface area contributed by atoms with Crippen molar-refractivity contribution in [2.24, 2.45) is 5.10 Å². The van der Waals surface area contributed by atoms with Crippen LogP contribution in [0.3, 0.4) is 0 Å². The fourth-order valence-corrected chi connectivity index (χ4v) is 0.222. The van der Waals surface area contributed by atoms with E-state index in [4.69, 9.17) is 0 Å². The minimum atomic E-state index is 0.905. The number of hydrazone groups is 1. The average molecular weight is 168 g/mol. The lowest BCUT2D eigenvalue weighted by Crippen LogP contribution is -1.97. The van der Waals surface area contributed by atoms with Crippen LogP contribution in [0.15, 0.2) is 17.8 Å². The summed E-state index contributed by atoms with van der Waals surface area (Å²) in [4.78, 5) is 0. The molecule has 70 valence electrons. The van der Waals surface area contributed by atoms with Gasteiger partial charge in [-0.3, -0.25) is 0 Å². The molecule has 0 aliphatic carbocycles. The molecule has 0 amide bonds. The zero-order chi connectivity index (χ0) is 10.4. The Hall–Kier alpha value is -1.23. The maximum absolute atomic E-state index is 4.60. The Kier molecular flexibility index (Phi) is 32.0. The van der Waals surface area contributed by atoms with Crippen molar-refractivity contribution in [2.45, 2.75) is 27.7 Å². The number of hydrogen-bond acceptors (Lipinski definition) is 2. The highest BCUT2D eigenvalue weighted by Gasteiger charge is 1.72. The number of rotatable bonds is 2. The normalized spacial score (nSPS) is 7.50. The van der Waals surface area contributed by atoms with Gasteiger partial charge in [-0.05, 0) is 19.9 Å². The third-order valence-corrected chi connectivity index (χ3v) is 0.584. The van der Waals surface area contributed by atoms with Crippen molar-refractivity contribution in [1.29, 1.82) is 0 Å². The third-order valence-electron chi connectivity index (χ3n) is 0.584. The molecule has 12 heavy (non-hydrogen) atoms. The summed E-state index contributed by atoms with van der Waals surface area (Å²) in [5.41, 5.74) is 3.54. The molecule has 2 heteroatoms. The Morgan fingerprint density at radius 2 is 1.92 bits per heavy atom. The van der Waals surface area contributed by atoms with Crippen LogP contribution in [0, 0.1) is 12.3 Å². The molecule has 1 N–H and O–H groups in total. The summed E-state index contributed by atoms with van der Waals surface area (Å²) in [5, 5.41) is 3.79. The maximum Gasteiger partial charge on any atom is 0.0566 e. The highest BCUT2D eigenvalue weighted by atomic mass is 15.3. The lowest BCUT2D eigenvalue weighted by Gasteiger charge is -1.86. The Bertz CT molecular complexity index is 140. The van der Waals surface area contributed by atoms with E-state index in [0.29, 0.717) is 0 Å². The van der Waals surface area contributed by atoms with Gasteiger partial charge >= 0.3 is 0 Å². The summed E-state index contributed by atoms with van der Waals surface area (Å²) < 4.78 is 0. The summed E-state index contributed by atoms with van der Waals surface area (Å²) in [5.74, 6) is 2.25. The zero-order valence-corrected chi connectivity index (χ0v) is 8.81. The van der Waals surface area contributed by atoms with Gasteiger partial charge in [-0.25, -0.2) is 0 Å². The molecule has 0 bridgehead atoms. The molecular weight excluding hydrogens is 148 g/mol. The smallest absolute Gasteiger partial charge is 0.0566 e. The monoisotopic (exact) mass is 168 g/mol. The minimum Gasteiger partial charge on any atom is -0.313 e. The molecule has 2 nitrogen and oxygen atoms in total. The molecule has 0 aromatic heterocycles. The van der Waals surface area contributed by atoms with Crippen LogP contribution in [0.25, 0.3) is 0 Å². The molecule has 0 heterocycles. The first-order valence-electron chi connectivity index (χ1n) is 3.93. The van der Waals surface area contributed by atoms with Crippen molar-refractivity contribution in [2.75, 3.05) is 7.05 Å². The zero-order valence-electron chi connectivity index (χ0n) is 8.81. The second-order valence-electron chi connectivity index (χ2n) is 1.47. The van der Waals surface area contributed by atoms with E-state index in [1.54, 1.807) is 20.0 Å². The average Bonchev–Trinajstić information content (AvgIpc) is 2.10. The summed E-state index contributed by atoms with van der Waals surface area (Å²) in [6, 6.07) is 0. The molecular formula is C10H20N2. The summed E-state index contributed by atoms with van der Waals surface area (Å²) in [7, 11) is 1.76. The fraction of sp³-hybridized carbons (Fsp3) is 0.500. The number of allylic oxidation sites excluding steroid dienone is 1. The van der Waals surface area contributed by atoms with E-state index in [9.17, 15) is 0 Å². The molecule has 0 aliphatic rings. The van der Waals surface area contributed by atoms with Gasteiger partial charge in [0.2, 0.25) is 0 Å². The van der Waals surface area contributed by atoms with Crippen LogP contribution in [0.1, 0.15) is 27.7 Å². The second kappa shape index (κ2) is 22.6. The van der Waals surface area contributed by atoms with Crippen LogP contribution in [-0.4, -0.2) is 12.8 Å². The standard InChI is InChI=1S/C5H10N2.C3H4.C2H6/c1-4-5(2)7-6-3;1-3-2;1-2/h4,6H,1H2,2-3H3;1H,2H3;1-2H3/b7-5+;;. The topological polar surface area (TPSA) is 24.4 Å². The van der Waals surface area contributed by atoms with Crippen molar-refractivity contribution in [3.8, 4) is 12.3 Å². The number of nitrogens with one attached hydrogen (secondary N) is 1. The van der Waals surface area contributed by atoms with Crippen molar-refractivity contribution in [3.05, 3.63) is 12.7 Å². The first-order chi connectivity index (χ1) is 5.72. The highest BCUT2D eigenvalue weighted by Crippen LogP contribution is 1.70. The van der Waals surface area contributed by atoms with Crippen molar-refractivity contribution in [1.82, 2.24) is 5.43 Å². The van der Waals surface area contributed by atoms with Crippen LogP contribution >= 0.6 is 0 Å². The van der Waals surface area contributed by atoms with E-state index in [0.717, 1.165) is 5.71 Å². The summed E-state index contributed by atoms with van der Waals surface area (Å²) in [6.07, 6.45) is 6.29. The van der Waals surface area contributed by atoms with Gasteiger partial charge in [-0.2, -0.15) is 5.10 Å². The van der Waals surface area contributed by atoms with Gasteiger partial charge in [-0.15, -0.1) is 12.3 Å². The van der Waals surface area contributed by atoms with Gasteiger partial charge < -0.3 is 5.43 Å². The molecule has 0 unspecified atom stereocenters. The molecule has 0 aliphatic heterocycles. The van der Waals surface area contributed by atoms with Crippen molar-refractivity contribution < 1.29 is 0 Å². The van der Waals surface area contributed by atoms with Gasteiger partial charge in [0.25, 0.3) is 0 Å². The highest BCUT2D eigenvalue weighted by molar-refractivity contribution is 5.91. The van der Waals surface area contributed by atoms with Gasteiger partial charge in [0.15, 0.2) is 0 Å². The van der Waals surface area contributed by atoms with Gasteiger partial charge in [0.1, 0.15) is 0 Å². The fourth-order valence-electron chi connectivity index (χ4n) is 0.222. The van der Waals surface area contributed by atoms with E-state index in [2.05, 4.69) is 29.4 Å². The predicted octanol–water partition coefficient (Wildman–Crippen LogP) is 2.43. The lowest BCUT2D eigenvalue weighted by molar-refractivity contribution is 0.901. The molecule has 0 aromatic carbocycles. The first-order valence-corrected chi connectivity index (χ1v) is 3.93. The Morgan fingerprint density at radius 3 is 2.00 bits per heavy atom. The van der Waals surface area contributed by atoms with Gasteiger partial charge in [0, 0.05) is 7.05 Å². The van der Waals surface area contributed by atoms with Crippen LogP contribution in [0.2, 0.25) is 0 Å². The van der Waals surface area contributed by atoms with Crippen LogP contribution < -0.4 is 5.43 Å². The molecule has 0 radical (unpaired) electrons. The van der Waals surface area contributed by atoms with E-state index >= 15 is 0 Å². The van der Waals surface area contributed by atoms with E-state index < -0.39 is 0 Å². The number of hydrogen-bond donors (Lipinski definition) is 1. The van der Waals surface area contributed by atoms with Crippen LogP contribution in [0.5, 0.6) is 0 Å².